The molecule has 2 aromatic carbocycles. The molecule has 0 radical (unpaired) electrons. The molecule has 2 rings (SSSR count). The number of carbonyl (C=O) groups excluding carboxylic acids is 1. The lowest BCUT2D eigenvalue weighted by Gasteiger charge is -2.18. The minimum Gasteiger partial charge on any atom is -0.489 e. The summed E-state index contributed by atoms with van der Waals surface area (Å²) in [4.78, 5) is 12.3. The summed E-state index contributed by atoms with van der Waals surface area (Å²) in [6, 6.07) is 15.1. The highest BCUT2D eigenvalue weighted by Crippen LogP contribution is 2.35. The standard InChI is InChI=1S/C18H15Br3O2/c1-2-11-23-15-6-4-3-5-14(15)18(22)17(21)16(20)12-7-9-13(19)10-8-12/h2-10,16-17H,1,11H2. The average Bonchev–Trinajstić information content (AvgIpc) is 2.59. The molecule has 0 aromatic heterocycles. The molecule has 0 aliphatic heterocycles. The van der Waals surface area contributed by atoms with Crippen LogP contribution in [-0.4, -0.2) is 17.2 Å². The molecule has 0 fully saturated rings. The van der Waals surface area contributed by atoms with Crippen molar-refractivity contribution in [1.29, 1.82) is 0 Å². The van der Waals surface area contributed by atoms with Gasteiger partial charge in [0.1, 0.15) is 12.4 Å². The summed E-state index contributed by atoms with van der Waals surface area (Å²) in [6.07, 6.45) is 1.65. The number of carbonyl (C=O) groups is 1. The maximum atomic E-state index is 12.8. The highest BCUT2D eigenvalue weighted by Gasteiger charge is 2.27. The zero-order chi connectivity index (χ0) is 16.8. The number of hydrogen-bond donors (Lipinski definition) is 0. The lowest BCUT2D eigenvalue weighted by molar-refractivity contribution is 0.0987. The van der Waals surface area contributed by atoms with Crippen molar-refractivity contribution in [2.75, 3.05) is 6.61 Å². The highest BCUT2D eigenvalue weighted by atomic mass is 79.9. The number of halogens is 3. The van der Waals surface area contributed by atoms with E-state index in [1.165, 1.54) is 0 Å². The highest BCUT2D eigenvalue weighted by molar-refractivity contribution is 9.12. The SMILES string of the molecule is C=CCOc1ccccc1C(=O)C(Br)C(Br)c1ccc(Br)cc1. The third-order valence-corrected chi connectivity index (χ3v) is 6.44. The van der Waals surface area contributed by atoms with Crippen LogP contribution in [0.3, 0.4) is 0 Å². The van der Waals surface area contributed by atoms with Crippen LogP contribution < -0.4 is 4.74 Å². The zero-order valence-corrected chi connectivity index (χ0v) is 17.0. The molecule has 2 nitrogen and oxygen atoms in total. The van der Waals surface area contributed by atoms with E-state index >= 15 is 0 Å². The lowest BCUT2D eigenvalue weighted by Crippen LogP contribution is -2.20. The second kappa shape index (κ2) is 8.81. The maximum absolute atomic E-state index is 12.8. The van der Waals surface area contributed by atoms with Gasteiger partial charge in [0.2, 0.25) is 0 Å². The third-order valence-electron chi connectivity index (χ3n) is 3.21. The Morgan fingerprint density at radius 2 is 1.78 bits per heavy atom. The summed E-state index contributed by atoms with van der Waals surface area (Å²) < 4.78 is 6.58. The fourth-order valence-electron chi connectivity index (χ4n) is 2.04. The van der Waals surface area contributed by atoms with Gasteiger partial charge in [-0.2, -0.15) is 0 Å². The van der Waals surface area contributed by atoms with Gasteiger partial charge in [-0.15, -0.1) is 0 Å². The van der Waals surface area contributed by atoms with Gasteiger partial charge in [-0.25, -0.2) is 0 Å². The fourth-order valence-corrected chi connectivity index (χ4v) is 3.40. The van der Waals surface area contributed by atoms with Gasteiger partial charge in [-0.1, -0.05) is 84.7 Å². The van der Waals surface area contributed by atoms with Crippen LogP contribution in [0.25, 0.3) is 0 Å². The molecule has 0 spiro atoms. The Labute approximate surface area is 161 Å². The van der Waals surface area contributed by atoms with Crippen molar-refractivity contribution in [2.45, 2.75) is 9.65 Å². The summed E-state index contributed by atoms with van der Waals surface area (Å²) >= 11 is 10.5. The van der Waals surface area contributed by atoms with Gasteiger partial charge in [0.05, 0.1) is 15.2 Å². The van der Waals surface area contributed by atoms with Gasteiger partial charge < -0.3 is 4.74 Å². The smallest absolute Gasteiger partial charge is 0.181 e. The lowest BCUT2D eigenvalue weighted by atomic mass is 10.0. The van der Waals surface area contributed by atoms with E-state index < -0.39 is 4.83 Å². The predicted octanol–water partition coefficient (Wildman–Crippen LogP) is 6.10. The van der Waals surface area contributed by atoms with E-state index in [-0.39, 0.29) is 10.6 Å². The van der Waals surface area contributed by atoms with E-state index in [1.807, 2.05) is 36.4 Å². The molecule has 5 heteroatoms. The van der Waals surface area contributed by atoms with Gasteiger partial charge in [0.15, 0.2) is 5.78 Å². The average molecular weight is 503 g/mol. The topological polar surface area (TPSA) is 26.3 Å². The molecule has 0 saturated heterocycles. The number of benzene rings is 2. The van der Waals surface area contributed by atoms with E-state index in [1.54, 1.807) is 18.2 Å². The van der Waals surface area contributed by atoms with Crippen LogP contribution >= 0.6 is 47.8 Å². The van der Waals surface area contributed by atoms with Crippen molar-refractivity contribution >= 4 is 53.6 Å². The number of rotatable bonds is 7. The summed E-state index contributed by atoms with van der Waals surface area (Å²) in [5, 5.41) is 0. The van der Waals surface area contributed by atoms with Crippen LogP contribution in [0.15, 0.2) is 65.7 Å². The van der Waals surface area contributed by atoms with E-state index in [9.17, 15) is 4.79 Å². The summed E-state index contributed by atoms with van der Waals surface area (Å²) in [5.41, 5.74) is 1.57. The maximum Gasteiger partial charge on any atom is 0.181 e. The molecule has 0 aliphatic rings. The number of Topliss-reactive ketones (excluding diaryl/α,β-unsaturated/α-hetero) is 1. The van der Waals surface area contributed by atoms with Crippen molar-refractivity contribution in [3.05, 3.63) is 76.8 Å². The fraction of sp³-hybridized carbons (Fsp3) is 0.167. The zero-order valence-electron chi connectivity index (χ0n) is 12.2. The first-order valence-corrected chi connectivity index (χ1v) is 9.57. The van der Waals surface area contributed by atoms with E-state index in [0.717, 1.165) is 10.0 Å². The molecule has 2 aromatic rings. The minimum absolute atomic E-state index is 0.0329. The van der Waals surface area contributed by atoms with Gasteiger partial charge in [0.25, 0.3) is 0 Å². The van der Waals surface area contributed by atoms with Crippen LogP contribution in [0.1, 0.15) is 20.7 Å². The number of alkyl halides is 2. The normalized spacial score (nSPS) is 13.2. The summed E-state index contributed by atoms with van der Waals surface area (Å²) in [5.74, 6) is 0.534. The van der Waals surface area contributed by atoms with Crippen LogP contribution in [-0.2, 0) is 0 Å². The van der Waals surface area contributed by atoms with Crippen molar-refractivity contribution in [3.63, 3.8) is 0 Å². The Kier molecular flexibility index (Phi) is 7.06. The molecule has 0 saturated carbocycles. The number of para-hydroxylation sites is 1. The molecule has 0 bridgehead atoms. The van der Waals surface area contributed by atoms with Gasteiger partial charge in [0, 0.05) is 4.47 Å². The Bertz CT molecular complexity index is 683. The van der Waals surface area contributed by atoms with Gasteiger partial charge >= 0.3 is 0 Å². The summed E-state index contributed by atoms with van der Waals surface area (Å²) in [7, 11) is 0. The molecule has 0 aliphatic carbocycles. The second-order valence-electron chi connectivity index (χ2n) is 4.82. The monoisotopic (exact) mass is 500 g/mol. The molecule has 2 unspecified atom stereocenters. The third kappa shape index (κ3) is 4.78. The van der Waals surface area contributed by atoms with Crippen molar-refractivity contribution in [1.82, 2.24) is 0 Å². The first kappa shape index (κ1) is 18.4. The van der Waals surface area contributed by atoms with E-state index in [4.69, 9.17) is 4.74 Å². The minimum atomic E-state index is -0.405. The molecule has 120 valence electrons. The Hall–Kier alpha value is -0.910. The number of ketones is 1. The first-order chi connectivity index (χ1) is 11.0. The first-order valence-electron chi connectivity index (χ1n) is 6.95. The van der Waals surface area contributed by atoms with Gasteiger partial charge in [-0.05, 0) is 29.8 Å². The van der Waals surface area contributed by atoms with Gasteiger partial charge in [-0.3, -0.25) is 4.79 Å². The summed E-state index contributed by atoms with van der Waals surface area (Å²) in [6.45, 7) is 3.99. The Balaban J connectivity index is 2.22. The van der Waals surface area contributed by atoms with Crippen LogP contribution in [0, 0.1) is 0 Å². The molecule has 23 heavy (non-hydrogen) atoms. The molecule has 0 heterocycles. The van der Waals surface area contributed by atoms with Crippen molar-refractivity contribution < 1.29 is 9.53 Å². The quantitative estimate of drug-likeness (QED) is 0.260. The van der Waals surface area contributed by atoms with Crippen LogP contribution in [0.5, 0.6) is 5.75 Å². The van der Waals surface area contributed by atoms with E-state index in [2.05, 4.69) is 54.4 Å². The Morgan fingerprint density at radius 1 is 1.13 bits per heavy atom. The van der Waals surface area contributed by atoms with Crippen LogP contribution in [0.4, 0.5) is 0 Å². The second-order valence-corrected chi connectivity index (χ2v) is 7.70. The Morgan fingerprint density at radius 3 is 2.43 bits per heavy atom. The largest absolute Gasteiger partial charge is 0.489 e. The molecule has 0 N–H and O–H groups in total. The van der Waals surface area contributed by atoms with Crippen molar-refractivity contribution in [2.24, 2.45) is 0 Å². The number of ether oxygens (including phenoxy) is 1. The molecular formula is C18H15Br3O2. The molecule has 2 atom stereocenters. The molecular weight excluding hydrogens is 488 g/mol. The predicted molar refractivity (Wildman–Crippen MR) is 105 cm³/mol. The van der Waals surface area contributed by atoms with E-state index in [0.29, 0.717) is 17.9 Å². The van der Waals surface area contributed by atoms with Crippen molar-refractivity contribution in [3.8, 4) is 5.75 Å². The van der Waals surface area contributed by atoms with Crippen LogP contribution in [0.2, 0.25) is 0 Å². The molecule has 0 amide bonds. The number of hydrogen-bond acceptors (Lipinski definition) is 2.